The van der Waals surface area contributed by atoms with Crippen molar-refractivity contribution in [3.63, 3.8) is 0 Å². The Kier molecular flexibility index (Phi) is 5.01. The minimum absolute atomic E-state index is 0.0375. The van der Waals surface area contributed by atoms with Crippen molar-refractivity contribution in [2.75, 3.05) is 12.3 Å². The van der Waals surface area contributed by atoms with E-state index >= 15 is 0 Å². The Labute approximate surface area is 143 Å². The summed E-state index contributed by atoms with van der Waals surface area (Å²) in [5, 5.41) is 13.1. The van der Waals surface area contributed by atoms with E-state index in [0.717, 1.165) is 40.2 Å². The topological polar surface area (TPSA) is 72.1 Å². The number of aryl methyl sites for hydroxylation is 1. The standard InChI is InChI=1S/C15H20N4O2S2/c1-9(2)13-7-11(18-21-13)12-5-4-6-19(12)14(20)8-22-15-17-16-10(3)23-15/h7,9,12H,4-6,8H2,1-3H3. The number of amides is 1. The number of hydrogen-bond acceptors (Lipinski definition) is 7. The molecule has 1 aliphatic heterocycles. The third kappa shape index (κ3) is 3.74. The fourth-order valence-electron chi connectivity index (χ4n) is 2.65. The Hall–Kier alpha value is -1.41. The van der Waals surface area contributed by atoms with Crippen molar-refractivity contribution in [3.8, 4) is 0 Å². The van der Waals surface area contributed by atoms with E-state index in [-0.39, 0.29) is 11.9 Å². The minimum atomic E-state index is 0.0375. The van der Waals surface area contributed by atoms with Crippen LogP contribution in [0.2, 0.25) is 0 Å². The summed E-state index contributed by atoms with van der Waals surface area (Å²) < 4.78 is 6.23. The molecule has 1 aliphatic rings. The summed E-state index contributed by atoms with van der Waals surface area (Å²) >= 11 is 2.97. The predicted octanol–water partition coefficient (Wildman–Crippen LogP) is 3.41. The third-order valence-corrected chi connectivity index (χ3v) is 5.81. The van der Waals surface area contributed by atoms with Gasteiger partial charge < -0.3 is 9.42 Å². The van der Waals surface area contributed by atoms with Crippen molar-refractivity contribution in [3.05, 3.63) is 22.5 Å². The summed E-state index contributed by atoms with van der Waals surface area (Å²) in [4.78, 5) is 14.5. The number of carbonyl (C=O) groups excluding carboxylic acids is 1. The zero-order valence-electron chi connectivity index (χ0n) is 13.5. The monoisotopic (exact) mass is 352 g/mol. The third-order valence-electron chi connectivity index (χ3n) is 3.86. The molecule has 2 aromatic heterocycles. The van der Waals surface area contributed by atoms with Crippen LogP contribution in [0.3, 0.4) is 0 Å². The number of thioether (sulfide) groups is 1. The van der Waals surface area contributed by atoms with Crippen molar-refractivity contribution in [1.82, 2.24) is 20.3 Å². The highest BCUT2D eigenvalue weighted by Crippen LogP contribution is 2.33. The lowest BCUT2D eigenvalue weighted by atomic mass is 10.1. The molecule has 0 saturated carbocycles. The van der Waals surface area contributed by atoms with Crippen LogP contribution in [0.5, 0.6) is 0 Å². The van der Waals surface area contributed by atoms with Crippen LogP contribution in [-0.2, 0) is 4.79 Å². The maximum Gasteiger partial charge on any atom is 0.233 e. The predicted molar refractivity (Wildman–Crippen MR) is 89.7 cm³/mol. The molecule has 0 bridgehead atoms. The lowest BCUT2D eigenvalue weighted by molar-refractivity contribution is -0.129. The Morgan fingerprint density at radius 2 is 2.35 bits per heavy atom. The second-order valence-corrected chi connectivity index (χ2v) is 8.33. The van der Waals surface area contributed by atoms with Gasteiger partial charge in [0, 0.05) is 18.5 Å². The lowest BCUT2D eigenvalue weighted by Crippen LogP contribution is -2.32. The van der Waals surface area contributed by atoms with Gasteiger partial charge in [-0.2, -0.15) is 0 Å². The summed E-state index contributed by atoms with van der Waals surface area (Å²) in [6.45, 7) is 6.84. The average Bonchev–Trinajstić information content (AvgIpc) is 3.24. The van der Waals surface area contributed by atoms with E-state index < -0.39 is 0 Å². The van der Waals surface area contributed by atoms with Crippen LogP contribution < -0.4 is 0 Å². The number of rotatable bonds is 5. The number of carbonyl (C=O) groups is 1. The Bertz CT molecular complexity index is 683. The van der Waals surface area contributed by atoms with Crippen LogP contribution in [0.1, 0.15) is 55.1 Å². The highest BCUT2D eigenvalue weighted by molar-refractivity contribution is 8.01. The van der Waals surface area contributed by atoms with E-state index in [1.165, 1.54) is 23.1 Å². The Morgan fingerprint density at radius 1 is 1.52 bits per heavy atom. The van der Waals surface area contributed by atoms with Gasteiger partial charge in [-0.3, -0.25) is 4.79 Å². The van der Waals surface area contributed by atoms with Crippen LogP contribution in [0, 0.1) is 6.92 Å². The fraction of sp³-hybridized carbons (Fsp3) is 0.600. The molecule has 1 fully saturated rings. The SMILES string of the molecule is Cc1nnc(SCC(=O)N2CCCC2c2cc(C(C)C)on2)s1. The molecule has 6 nitrogen and oxygen atoms in total. The quantitative estimate of drug-likeness (QED) is 0.768. The van der Waals surface area contributed by atoms with Crippen molar-refractivity contribution >= 4 is 29.0 Å². The minimum Gasteiger partial charge on any atom is -0.361 e. The van der Waals surface area contributed by atoms with Gasteiger partial charge in [-0.15, -0.1) is 10.2 Å². The molecular weight excluding hydrogens is 332 g/mol. The molecule has 124 valence electrons. The van der Waals surface area contributed by atoms with E-state index in [2.05, 4.69) is 29.2 Å². The molecule has 0 aromatic carbocycles. The van der Waals surface area contributed by atoms with Gasteiger partial charge >= 0.3 is 0 Å². The highest BCUT2D eigenvalue weighted by Gasteiger charge is 2.32. The number of likely N-dealkylation sites (tertiary alicyclic amines) is 1. The Balaban J connectivity index is 1.64. The molecule has 3 rings (SSSR count). The summed E-state index contributed by atoms with van der Waals surface area (Å²) in [6, 6.07) is 2.03. The zero-order chi connectivity index (χ0) is 16.4. The first-order chi connectivity index (χ1) is 11.0. The van der Waals surface area contributed by atoms with E-state index in [1.54, 1.807) is 0 Å². The normalized spacial score (nSPS) is 18.1. The molecule has 0 N–H and O–H groups in total. The second-order valence-electron chi connectivity index (χ2n) is 5.93. The molecule has 23 heavy (non-hydrogen) atoms. The number of nitrogens with zero attached hydrogens (tertiary/aromatic N) is 4. The van der Waals surface area contributed by atoms with Gasteiger partial charge in [-0.1, -0.05) is 42.1 Å². The van der Waals surface area contributed by atoms with Gasteiger partial charge in [0.25, 0.3) is 0 Å². The molecule has 2 aromatic rings. The van der Waals surface area contributed by atoms with Gasteiger partial charge in [0.05, 0.1) is 11.8 Å². The first-order valence-corrected chi connectivity index (χ1v) is 9.53. The van der Waals surface area contributed by atoms with Gasteiger partial charge in [-0.05, 0) is 19.8 Å². The molecule has 0 radical (unpaired) electrons. The van der Waals surface area contributed by atoms with Crippen molar-refractivity contribution in [1.29, 1.82) is 0 Å². The summed E-state index contributed by atoms with van der Waals surface area (Å²) in [6.07, 6.45) is 1.95. The van der Waals surface area contributed by atoms with E-state index in [4.69, 9.17) is 4.52 Å². The number of hydrogen-bond donors (Lipinski definition) is 0. The first-order valence-electron chi connectivity index (χ1n) is 7.73. The van der Waals surface area contributed by atoms with Gasteiger partial charge in [0.1, 0.15) is 16.5 Å². The maximum atomic E-state index is 12.6. The molecule has 3 heterocycles. The molecular formula is C15H20N4O2S2. The summed E-state index contributed by atoms with van der Waals surface area (Å²) in [7, 11) is 0. The van der Waals surface area contributed by atoms with Crippen molar-refractivity contribution < 1.29 is 9.32 Å². The fourth-order valence-corrected chi connectivity index (χ4v) is 4.35. The molecule has 1 unspecified atom stereocenters. The van der Waals surface area contributed by atoms with Gasteiger partial charge in [0.15, 0.2) is 4.34 Å². The van der Waals surface area contributed by atoms with Crippen LogP contribution in [-0.4, -0.2) is 38.5 Å². The van der Waals surface area contributed by atoms with Crippen LogP contribution in [0.25, 0.3) is 0 Å². The van der Waals surface area contributed by atoms with Crippen molar-refractivity contribution in [2.24, 2.45) is 0 Å². The summed E-state index contributed by atoms with van der Waals surface area (Å²) in [5.41, 5.74) is 0.872. The number of aromatic nitrogens is 3. The van der Waals surface area contributed by atoms with Crippen molar-refractivity contribution in [2.45, 2.75) is 49.9 Å². The van der Waals surface area contributed by atoms with Crippen LogP contribution in [0.4, 0.5) is 0 Å². The van der Waals surface area contributed by atoms with Gasteiger partial charge in [0.2, 0.25) is 5.91 Å². The Morgan fingerprint density at radius 3 is 3.00 bits per heavy atom. The molecule has 0 aliphatic carbocycles. The molecule has 1 atom stereocenters. The summed E-state index contributed by atoms with van der Waals surface area (Å²) in [5.74, 6) is 1.69. The zero-order valence-corrected chi connectivity index (χ0v) is 15.1. The van der Waals surface area contributed by atoms with Crippen LogP contribution in [0.15, 0.2) is 14.9 Å². The van der Waals surface area contributed by atoms with E-state index in [1.807, 2.05) is 17.9 Å². The smallest absolute Gasteiger partial charge is 0.233 e. The highest BCUT2D eigenvalue weighted by atomic mass is 32.2. The van der Waals surface area contributed by atoms with Crippen LogP contribution >= 0.6 is 23.1 Å². The molecule has 1 saturated heterocycles. The maximum absolute atomic E-state index is 12.6. The lowest BCUT2D eigenvalue weighted by Gasteiger charge is -2.22. The van der Waals surface area contributed by atoms with E-state index in [0.29, 0.717) is 11.7 Å². The van der Waals surface area contributed by atoms with Gasteiger partial charge in [-0.25, -0.2) is 0 Å². The second kappa shape index (κ2) is 7.00. The average molecular weight is 352 g/mol. The molecule has 8 heteroatoms. The largest absolute Gasteiger partial charge is 0.361 e. The first kappa shape index (κ1) is 16.4. The molecule has 1 amide bonds. The molecule has 0 spiro atoms. The van der Waals surface area contributed by atoms with E-state index in [9.17, 15) is 4.79 Å².